The molecule has 1 aromatic rings. The molecule has 0 fully saturated rings. The Balaban J connectivity index is 2.22. The Morgan fingerprint density at radius 3 is 2.65 bits per heavy atom. The number of amides is 1. The Kier molecular flexibility index (Phi) is 7.13. The Hall–Kier alpha value is -1.51. The molecule has 1 atom stereocenters. The largest absolute Gasteiger partial charge is 0.399 e. The molecule has 0 saturated heterocycles. The molecule has 0 bridgehead atoms. The van der Waals surface area contributed by atoms with Crippen molar-refractivity contribution in [3.05, 3.63) is 29.8 Å². The van der Waals surface area contributed by atoms with Crippen LogP contribution in [0.1, 0.15) is 52.0 Å². The molecule has 112 valence electrons. The second-order valence-corrected chi connectivity index (χ2v) is 6.04. The van der Waals surface area contributed by atoms with Crippen molar-refractivity contribution in [2.75, 3.05) is 5.73 Å². The van der Waals surface area contributed by atoms with Gasteiger partial charge in [0.25, 0.3) is 0 Å². The Morgan fingerprint density at radius 2 is 2.00 bits per heavy atom. The van der Waals surface area contributed by atoms with Gasteiger partial charge in [0.15, 0.2) is 0 Å². The molecule has 0 aliphatic heterocycles. The zero-order chi connectivity index (χ0) is 15.0. The molecule has 0 heterocycles. The molecule has 20 heavy (non-hydrogen) atoms. The van der Waals surface area contributed by atoms with E-state index in [1.165, 1.54) is 12.8 Å². The highest BCUT2D eigenvalue weighted by molar-refractivity contribution is 5.76. The fourth-order valence-corrected chi connectivity index (χ4v) is 2.26. The van der Waals surface area contributed by atoms with Crippen LogP contribution in [-0.4, -0.2) is 11.9 Å². The van der Waals surface area contributed by atoms with E-state index in [1.54, 1.807) is 0 Å². The van der Waals surface area contributed by atoms with Crippen LogP contribution in [0.25, 0.3) is 0 Å². The van der Waals surface area contributed by atoms with Gasteiger partial charge in [0, 0.05) is 18.2 Å². The summed E-state index contributed by atoms with van der Waals surface area (Å²) in [5.74, 6) is 0.867. The number of aryl methyl sites for hydroxylation is 1. The number of carbonyl (C=O) groups is 1. The monoisotopic (exact) mass is 276 g/mol. The van der Waals surface area contributed by atoms with Crippen molar-refractivity contribution in [1.82, 2.24) is 5.32 Å². The van der Waals surface area contributed by atoms with Gasteiger partial charge in [-0.15, -0.1) is 0 Å². The molecular formula is C17H28N2O. The van der Waals surface area contributed by atoms with E-state index in [9.17, 15) is 4.79 Å². The van der Waals surface area contributed by atoms with Gasteiger partial charge in [-0.3, -0.25) is 4.79 Å². The number of carbonyl (C=O) groups excluding carboxylic acids is 1. The zero-order valence-electron chi connectivity index (χ0n) is 13.0. The van der Waals surface area contributed by atoms with Crippen LogP contribution in [0.5, 0.6) is 0 Å². The van der Waals surface area contributed by atoms with E-state index in [1.807, 2.05) is 24.3 Å². The number of benzene rings is 1. The average molecular weight is 276 g/mol. The summed E-state index contributed by atoms with van der Waals surface area (Å²) in [6.45, 7) is 6.54. The normalized spacial score (nSPS) is 12.4. The lowest BCUT2D eigenvalue weighted by molar-refractivity contribution is -0.121. The minimum absolute atomic E-state index is 0.129. The molecule has 0 aromatic heterocycles. The van der Waals surface area contributed by atoms with Gasteiger partial charge < -0.3 is 11.1 Å². The zero-order valence-corrected chi connectivity index (χ0v) is 13.0. The van der Waals surface area contributed by atoms with Gasteiger partial charge in [0.1, 0.15) is 0 Å². The predicted molar refractivity (Wildman–Crippen MR) is 85.5 cm³/mol. The van der Waals surface area contributed by atoms with Gasteiger partial charge in [-0.1, -0.05) is 38.8 Å². The highest BCUT2D eigenvalue weighted by atomic mass is 16.1. The third-order valence-corrected chi connectivity index (χ3v) is 3.42. The molecule has 0 aliphatic rings. The summed E-state index contributed by atoms with van der Waals surface area (Å²) in [5.41, 5.74) is 7.60. The summed E-state index contributed by atoms with van der Waals surface area (Å²) >= 11 is 0. The second kappa shape index (κ2) is 8.62. The molecule has 1 aromatic carbocycles. The maximum absolute atomic E-state index is 11.9. The molecule has 1 rings (SSSR count). The molecule has 0 spiro atoms. The van der Waals surface area contributed by atoms with Gasteiger partial charge >= 0.3 is 0 Å². The molecule has 0 radical (unpaired) electrons. The summed E-state index contributed by atoms with van der Waals surface area (Å²) in [6.07, 6.45) is 4.73. The van der Waals surface area contributed by atoms with Crippen molar-refractivity contribution in [1.29, 1.82) is 0 Å². The molecule has 0 aliphatic carbocycles. The Labute approximate surface area is 122 Å². The molecular weight excluding hydrogens is 248 g/mol. The average Bonchev–Trinajstić information content (AvgIpc) is 2.36. The Bertz CT molecular complexity index is 415. The van der Waals surface area contributed by atoms with Crippen LogP contribution < -0.4 is 11.1 Å². The minimum atomic E-state index is 0.129. The maximum Gasteiger partial charge on any atom is 0.220 e. The van der Waals surface area contributed by atoms with Crippen molar-refractivity contribution in [2.24, 2.45) is 5.92 Å². The van der Waals surface area contributed by atoms with E-state index in [4.69, 9.17) is 5.73 Å². The van der Waals surface area contributed by atoms with Crippen LogP contribution in [0.4, 0.5) is 5.69 Å². The second-order valence-electron chi connectivity index (χ2n) is 6.04. The number of rotatable bonds is 8. The van der Waals surface area contributed by atoms with Crippen LogP contribution in [0.15, 0.2) is 24.3 Å². The van der Waals surface area contributed by atoms with Crippen molar-refractivity contribution in [2.45, 2.75) is 58.9 Å². The number of hydrogen-bond acceptors (Lipinski definition) is 2. The van der Waals surface area contributed by atoms with Gasteiger partial charge in [-0.05, 0) is 43.4 Å². The van der Waals surface area contributed by atoms with Crippen LogP contribution >= 0.6 is 0 Å². The maximum atomic E-state index is 11.9. The summed E-state index contributed by atoms with van der Waals surface area (Å²) < 4.78 is 0. The first-order chi connectivity index (χ1) is 9.47. The lowest BCUT2D eigenvalue weighted by atomic mass is 10.0. The molecule has 0 saturated carbocycles. The third-order valence-electron chi connectivity index (χ3n) is 3.42. The van der Waals surface area contributed by atoms with E-state index in [0.29, 0.717) is 6.42 Å². The first-order valence-corrected chi connectivity index (χ1v) is 7.61. The lowest BCUT2D eigenvalue weighted by Gasteiger charge is -2.14. The van der Waals surface area contributed by atoms with E-state index in [0.717, 1.165) is 30.0 Å². The van der Waals surface area contributed by atoms with Gasteiger partial charge in [-0.2, -0.15) is 0 Å². The third kappa shape index (κ3) is 7.17. The summed E-state index contributed by atoms with van der Waals surface area (Å²) in [7, 11) is 0. The number of hydrogen-bond donors (Lipinski definition) is 2. The lowest BCUT2D eigenvalue weighted by Crippen LogP contribution is -2.32. The van der Waals surface area contributed by atoms with E-state index < -0.39 is 0 Å². The first-order valence-electron chi connectivity index (χ1n) is 7.61. The summed E-state index contributed by atoms with van der Waals surface area (Å²) in [6, 6.07) is 7.99. The molecule has 1 unspecified atom stereocenters. The minimum Gasteiger partial charge on any atom is -0.399 e. The topological polar surface area (TPSA) is 55.1 Å². The van der Waals surface area contributed by atoms with Crippen LogP contribution in [0, 0.1) is 5.92 Å². The number of nitrogens with two attached hydrogens (primary N) is 1. The highest BCUT2D eigenvalue weighted by Gasteiger charge is 2.08. The van der Waals surface area contributed by atoms with Crippen LogP contribution in [0.3, 0.4) is 0 Å². The fraction of sp³-hybridized carbons (Fsp3) is 0.588. The highest BCUT2D eigenvalue weighted by Crippen LogP contribution is 2.10. The van der Waals surface area contributed by atoms with Gasteiger partial charge in [0.05, 0.1) is 0 Å². The summed E-state index contributed by atoms with van der Waals surface area (Å²) in [4.78, 5) is 11.9. The molecule has 3 N–H and O–H groups in total. The predicted octanol–water partition coefficient (Wildman–Crippen LogP) is 3.53. The smallest absolute Gasteiger partial charge is 0.220 e. The quantitative estimate of drug-likeness (QED) is 0.714. The number of anilines is 1. The fourth-order valence-electron chi connectivity index (χ4n) is 2.26. The molecule has 3 nitrogen and oxygen atoms in total. The van der Waals surface area contributed by atoms with Gasteiger partial charge in [0.2, 0.25) is 5.91 Å². The van der Waals surface area contributed by atoms with E-state index in [-0.39, 0.29) is 11.9 Å². The van der Waals surface area contributed by atoms with Crippen molar-refractivity contribution < 1.29 is 4.79 Å². The standard InChI is InChI=1S/C17H28N2O/c1-13(2)6-4-7-14(3)19-17(20)11-10-15-8-5-9-16(18)12-15/h5,8-9,12-14H,4,6-7,10-11,18H2,1-3H3,(H,19,20). The van der Waals surface area contributed by atoms with Crippen molar-refractivity contribution in [3.8, 4) is 0 Å². The Morgan fingerprint density at radius 1 is 1.25 bits per heavy atom. The van der Waals surface area contributed by atoms with Crippen molar-refractivity contribution >= 4 is 11.6 Å². The first kappa shape index (κ1) is 16.5. The van der Waals surface area contributed by atoms with Gasteiger partial charge in [-0.25, -0.2) is 0 Å². The van der Waals surface area contributed by atoms with Crippen LogP contribution in [0.2, 0.25) is 0 Å². The number of nitrogen functional groups attached to an aromatic ring is 1. The molecule has 1 amide bonds. The SMILES string of the molecule is CC(C)CCCC(C)NC(=O)CCc1cccc(N)c1. The number of nitrogens with one attached hydrogen (secondary N) is 1. The van der Waals surface area contributed by atoms with Crippen LogP contribution in [-0.2, 0) is 11.2 Å². The summed E-state index contributed by atoms with van der Waals surface area (Å²) in [5, 5.41) is 3.07. The molecule has 3 heteroatoms. The van der Waals surface area contributed by atoms with E-state index >= 15 is 0 Å². The van der Waals surface area contributed by atoms with Crippen molar-refractivity contribution in [3.63, 3.8) is 0 Å². The van der Waals surface area contributed by atoms with E-state index in [2.05, 4.69) is 26.1 Å².